The number of hydrogen-bond acceptors (Lipinski definition) is 3. The molecule has 4 aliphatic rings. The second kappa shape index (κ2) is 5.91. The average Bonchev–Trinajstić information content (AvgIpc) is 2.58. The fourth-order valence-corrected chi connectivity index (χ4v) is 5.53. The first-order valence-corrected chi connectivity index (χ1v) is 9.04. The molecule has 0 spiro atoms. The summed E-state index contributed by atoms with van der Waals surface area (Å²) >= 11 is 0. The van der Waals surface area contributed by atoms with Gasteiger partial charge in [-0.05, 0) is 68.4 Å². The fourth-order valence-electron chi connectivity index (χ4n) is 5.53. The molecule has 128 valence electrons. The Balaban J connectivity index is 1.38. The molecule has 0 unspecified atom stereocenters. The third kappa shape index (κ3) is 2.72. The summed E-state index contributed by atoms with van der Waals surface area (Å²) in [5.41, 5.74) is 0.522. The minimum atomic E-state index is -0.291. The van der Waals surface area contributed by atoms with E-state index in [1.807, 2.05) is 30.3 Å². The van der Waals surface area contributed by atoms with Crippen molar-refractivity contribution >= 4 is 17.6 Å². The van der Waals surface area contributed by atoms with Crippen LogP contribution in [-0.4, -0.2) is 25.5 Å². The minimum Gasteiger partial charge on any atom is -0.455 e. The SMILES string of the molecule is CN(C(=O)COC(=O)C12CC3CC(CC(C3)C1)C2)c1ccccc1. The summed E-state index contributed by atoms with van der Waals surface area (Å²) in [5, 5.41) is 0. The molecule has 4 saturated carbocycles. The van der Waals surface area contributed by atoms with Crippen LogP contribution in [0.1, 0.15) is 38.5 Å². The molecule has 1 aromatic carbocycles. The van der Waals surface area contributed by atoms with E-state index in [1.165, 1.54) is 19.3 Å². The van der Waals surface area contributed by atoms with Gasteiger partial charge in [0.2, 0.25) is 0 Å². The number of para-hydroxylation sites is 1. The molecule has 1 aromatic rings. The summed E-state index contributed by atoms with van der Waals surface area (Å²) < 4.78 is 5.50. The van der Waals surface area contributed by atoms with Crippen LogP contribution in [0.25, 0.3) is 0 Å². The van der Waals surface area contributed by atoms with Gasteiger partial charge < -0.3 is 9.64 Å². The molecule has 1 amide bonds. The number of ether oxygens (including phenoxy) is 1. The quantitative estimate of drug-likeness (QED) is 0.796. The predicted molar refractivity (Wildman–Crippen MR) is 91.4 cm³/mol. The van der Waals surface area contributed by atoms with Crippen LogP contribution in [0.15, 0.2) is 30.3 Å². The molecule has 0 aliphatic heterocycles. The van der Waals surface area contributed by atoms with Gasteiger partial charge in [0.1, 0.15) is 0 Å². The van der Waals surface area contributed by atoms with Crippen molar-refractivity contribution in [3.05, 3.63) is 30.3 Å². The largest absolute Gasteiger partial charge is 0.455 e. The van der Waals surface area contributed by atoms with E-state index >= 15 is 0 Å². The summed E-state index contributed by atoms with van der Waals surface area (Å²) in [5.74, 6) is 1.79. The van der Waals surface area contributed by atoms with Crippen LogP contribution in [0.4, 0.5) is 5.69 Å². The highest BCUT2D eigenvalue weighted by Crippen LogP contribution is 2.60. The number of rotatable bonds is 4. The lowest BCUT2D eigenvalue weighted by Gasteiger charge is -2.55. The van der Waals surface area contributed by atoms with Gasteiger partial charge in [0.25, 0.3) is 5.91 Å². The van der Waals surface area contributed by atoms with Crippen molar-refractivity contribution in [1.29, 1.82) is 0 Å². The highest BCUT2D eigenvalue weighted by Gasteiger charge is 2.55. The van der Waals surface area contributed by atoms with E-state index in [0.717, 1.165) is 24.9 Å². The molecule has 4 bridgehead atoms. The molecular weight excluding hydrogens is 302 g/mol. The monoisotopic (exact) mass is 327 g/mol. The predicted octanol–water partition coefficient (Wildman–Crippen LogP) is 3.41. The van der Waals surface area contributed by atoms with Crippen LogP contribution in [0.5, 0.6) is 0 Å². The smallest absolute Gasteiger partial charge is 0.312 e. The van der Waals surface area contributed by atoms with Crippen LogP contribution in [0.2, 0.25) is 0 Å². The van der Waals surface area contributed by atoms with Crippen molar-refractivity contribution in [3.63, 3.8) is 0 Å². The number of amides is 1. The Bertz CT molecular complexity index is 604. The van der Waals surface area contributed by atoms with E-state index < -0.39 is 0 Å². The van der Waals surface area contributed by atoms with Gasteiger partial charge in [-0.15, -0.1) is 0 Å². The number of nitrogens with zero attached hydrogens (tertiary/aromatic N) is 1. The third-order valence-electron chi connectivity index (χ3n) is 6.32. The first kappa shape index (κ1) is 15.7. The van der Waals surface area contributed by atoms with E-state index in [9.17, 15) is 9.59 Å². The summed E-state index contributed by atoms with van der Waals surface area (Å²) in [6.07, 6.45) is 6.80. The van der Waals surface area contributed by atoms with Crippen molar-refractivity contribution in [2.24, 2.45) is 23.2 Å². The highest BCUT2D eigenvalue weighted by atomic mass is 16.5. The zero-order chi connectivity index (χ0) is 16.7. The number of benzene rings is 1. The molecular formula is C20H25NO3. The second-order valence-corrected chi connectivity index (χ2v) is 8.06. The van der Waals surface area contributed by atoms with Crippen LogP contribution < -0.4 is 4.90 Å². The number of esters is 1. The molecule has 4 aliphatic carbocycles. The lowest BCUT2D eigenvalue weighted by Crippen LogP contribution is -2.51. The first-order chi connectivity index (χ1) is 11.6. The Morgan fingerprint density at radius 2 is 1.58 bits per heavy atom. The van der Waals surface area contributed by atoms with Gasteiger partial charge in [0.05, 0.1) is 5.41 Å². The van der Waals surface area contributed by atoms with E-state index in [1.54, 1.807) is 11.9 Å². The van der Waals surface area contributed by atoms with Gasteiger partial charge >= 0.3 is 5.97 Å². The normalized spacial score (nSPS) is 33.3. The number of anilines is 1. The van der Waals surface area contributed by atoms with Crippen molar-refractivity contribution in [2.75, 3.05) is 18.6 Å². The average molecular weight is 327 g/mol. The molecule has 5 rings (SSSR count). The van der Waals surface area contributed by atoms with Crippen LogP contribution in [0, 0.1) is 23.2 Å². The van der Waals surface area contributed by atoms with Crippen molar-refractivity contribution < 1.29 is 14.3 Å². The van der Waals surface area contributed by atoms with Gasteiger partial charge in [0, 0.05) is 12.7 Å². The number of carbonyl (C=O) groups excluding carboxylic acids is 2. The first-order valence-electron chi connectivity index (χ1n) is 9.04. The second-order valence-electron chi connectivity index (χ2n) is 8.06. The van der Waals surface area contributed by atoms with Crippen molar-refractivity contribution in [3.8, 4) is 0 Å². The van der Waals surface area contributed by atoms with Crippen molar-refractivity contribution in [1.82, 2.24) is 0 Å². The fraction of sp³-hybridized carbons (Fsp3) is 0.600. The van der Waals surface area contributed by atoms with Gasteiger partial charge in [-0.1, -0.05) is 18.2 Å². The van der Waals surface area contributed by atoms with Gasteiger partial charge in [-0.2, -0.15) is 0 Å². The summed E-state index contributed by atoms with van der Waals surface area (Å²) in [6, 6.07) is 9.44. The zero-order valence-electron chi connectivity index (χ0n) is 14.2. The Morgan fingerprint density at radius 3 is 2.12 bits per heavy atom. The molecule has 4 heteroatoms. The van der Waals surface area contributed by atoms with Crippen LogP contribution in [0.3, 0.4) is 0 Å². The summed E-state index contributed by atoms with van der Waals surface area (Å²) in [7, 11) is 1.72. The lowest BCUT2D eigenvalue weighted by molar-refractivity contribution is -0.172. The maximum Gasteiger partial charge on any atom is 0.312 e. The molecule has 0 aromatic heterocycles. The topological polar surface area (TPSA) is 46.6 Å². The van der Waals surface area contributed by atoms with E-state index in [4.69, 9.17) is 4.74 Å². The molecule has 24 heavy (non-hydrogen) atoms. The zero-order valence-corrected chi connectivity index (χ0v) is 14.2. The molecule has 4 nitrogen and oxygen atoms in total. The number of likely N-dealkylation sites (N-methyl/N-ethyl adjacent to an activating group) is 1. The molecule has 0 heterocycles. The van der Waals surface area contributed by atoms with E-state index in [0.29, 0.717) is 17.8 Å². The number of hydrogen-bond donors (Lipinski definition) is 0. The Hall–Kier alpha value is -1.84. The van der Waals surface area contributed by atoms with Gasteiger partial charge in [-0.3, -0.25) is 9.59 Å². The van der Waals surface area contributed by atoms with Crippen molar-refractivity contribution in [2.45, 2.75) is 38.5 Å². The highest BCUT2D eigenvalue weighted by molar-refractivity contribution is 5.95. The van der Waals surface area contributed by atoms with Crippen LogP contribution >= 0.6 is 0 Å². The standard InChI is InChI=1S/C20H25NO3/c1-21(17-5-3-2-4-6-17)18(22)13-24-19(23)20-10-14-7-15(11-20)9-16(8-14)12-20/h2-6,14-16H,7-13H2,1H3. The van der Waals surface area contributed by atoms with Gasteiger partial charge in [-0.25, -0.2) is 0 Å². The summed E-state index contributed by atoms with van der Waals surface area (Å²) in [4.78, 5) is 26.6. The Labute approximate surface area is 143 Å². The Morgan fingerprint density at radius 1 is 1.04 bits per heavy atom. The molecule has 0 atom stereocenters. The summed E-state index contributed by atoms with van der Waals surface area (Å²) in [6.45, 7) is -0.161. The molecule has 0 radical (unpaired) electrons. The maximum atomic E-state index is 12.8. The molecule has 0 N–H and O–H groups in total. The lowest BCUT2D eigenvalue weighted by atomic mass is 9.49. The Kier molecular flexibility index (Phi) is 3.86. The molecule has 0 saturated heterocycles. The molecule has 4 fully saturated rings. The maximum absolute atomic E-state index is 12.8. The minimum absolute atomic E-state index is 0.128. The van der Waals surface area contributed by atoms with Crippen LogP contribution in [-0.2, 0) is 14.3 Å². The third-order valence-corrected chi connectivity index (χ3v) is 6.32. The number of carbonyl (C=O) groups is 2. The van der Waals surface area contributed by atoms with Gasteiger partial charge in [0.15, 0.2) is 6.61 Å². The van der Waals surface area contributed by atoms with E-state index in [2.05, 4.69) is 0 Å². The van der Waals surface area contributed by atoms with E-state index in [-0.39, 0.29) is 23.9 Å².